The first-order chi connectivity index (χ1) is 9.03. The Labute approximate surface area is 116 Å². The predicted molar refractivity (Wildman–Crippen MR) is 73.7 cm³/mol. The van der Waals surface area contributed by atoms with Crippen LogP contribution in [0.1, 0.15) is 12.5 Å². The van der Waals surface area contributed by atoms with Gasteiger partial charge in [0.15, 0.2) is 0 Å². The van der Waals surface area contributed by atoms with Gasteiger partial charge in [0, 0.05) is 0 Å². The number of para-hydroxylation sites is 1. The number of nitrogens with zero attached hydrogens (tertiary/aromatic N) is 2. The molecule has 19 heavy (non-hydrogen) atoms. The average Bonchev–Trinajstić information content (AvgIpc) is 2.39. The molecule has 0 unspecified atom stereocenters. The molecule has 0 saturated heterocycles. The lowest BCUT2D eigenvalue weighted by Gasteiger charge is -2.11. The number of halogens is 1. The SMILES string of the molecule is CCc1ccccc1NS(=O)(=O)c1cnc(Cl)nc1. The van der Waals surface area contributed by atoms with Crippen molar-refractivity contribution in [1.82, 2.24) is 9.97 Å². The number of hydrogen-bond acceptors (Lipinski definition) is 4. The van der Waals surface area contributed by atoms with Crippen molar-refractivity contribution in [3.63, 3.8) is 0 Å². The number of sulfonamides is 1. The van der Waals surface area contributed by atoms with Crippen LogP contribution in [0.3, 0.4) is 0 Å². The van der Waals surface area contributed by atoms with Crippen LogP contribution >= 0.6 is 11.6 Å². The van der Waals surface area contributed by atoms with Crippen molar-refractivity contribution in [3.05, 3.63) is 47.5 Å². The van der Waals surface area contributed by atoms with Gasteiger partial charge in [0.25, 0.3) is 10.0 Å². The maximum atomic E-state index is 12.1. The molecule has 0 atom stereocenters. The highest BCUT2D eigenvalue weighted by atomic mass is 35.5. The Kier molecular flexibility index (Phi) is 4.01. The average molecular weight is 298 g/mol. The number of benzene rings is 1. The summed E-state index contributed by atoms with van der Waals surface area (Å²) < 4.78 is 26.8. The summed E-state index contributed by atoms with van der Waals surface area (Å²) in [7, 11) is -3.70. The minimum atomic E-state index is -3.70. The molecule has 2 rings (SSSR count). The predicted octanol–water partition coefficient (Wildman–Crippen LogP) is 2.49. The van der Waals surface area contributed by atoms with E-state index in [9.17, 15) is 8.42 Å². The molecular weight excluding hydrogens is 286 g/mol. The Hall–Kier alpha value is -1.66. The summed E-state index contributed by atoms with van der Waals surface area (Å²) in [5.74, 6) is 0. The number of aromatic nitrogens is 2. The van der Waals surface area contributed by atoms with Gasteiger partial charge in [0.05, 0.1) is 18.1 Å². The molecule has 1 aromatic heterocycles. The van der Waals surface area contributed by atoms with E-state index in [0.29, 0.717) is 5.69 Å². The zero-order valence-electron chi connectivity index (χ0n) is 10.2. The normalized spacial score (nSPS) is 11.3. The third-order valence-electron chi connectivity index (χ3n) is 2.55. The molecule has 0 radical (unpaired) electrons. The molecule has 0 spiro atoms. The number of anilines is 1. The van der Waals surface area contributed by atoms with Crippen LogP contribution in [0, 0.1) is 0 Å². The van der Waals surface area contributed by atoms with Crippen molar-refractivity contribution >= 4 is 27.3 Å². The second kappa shape index (κ2) is 5.54. The third kappa shape index (κ3) is 3.21. The standard InChI is InChI=1S/C12H12ClN3O2S/c1-2-9-5-3-4-6-11(9)16-19(17,18)10-7-14-12(13)15-8-10/h3-8,16H,2H2,1H3. The molecule has 2 aromatic rings. The number of aryl methyl sites for hydroxylation is 1. The highest BCUT2D eigenvalue weighted by Gasteiger charge is 2.16. The van der Waals surface area contributed by atoms with Crippen molar-refractivity contribution in [3.8, 4) is 0 Å². The lowest BCUT2D eigenvalue weighted by Crippen LogP contribution is -2.14. The van der Waals surface area contributed by atoms with Crippen molar-refractivity contribution in [2.45, 2.75) is 18.2 Å². The van der Waals surface area contributed by atoms with Gasteiger partial charge < -0.3 is 0 Å². The van der Waals surface area contributed by atoms with Crippen LogP contribution in [-0.2, 0) is 16.4 Å². The van der Waals surface area contributed by atoms with Crippen molar-refractivity contribution < 1.29 is 8.42 Å². The van der Waals surface area contributed by atoms with Crippen LogP contribution in [0.25, 0.3) is 0 Å². The molecule has 1 N–H and O–H groups in total. The topological polar surface area (TPSA) is 72.0 Å². The first-order valence-electron chi connectivity index (χ1n) is 5.61. The minimum Gasteiger partial charge on any atom is -0.279 e. The van der Waals surface area contributed by atoms with Crippen LogP contribution in [0.15, 0.2) is 41.6 Å². The van der Waals surface area contributed by atoms with Crippen molar-refractivity contribution in [2.24, 2.45) is 0 Å². The van der Waals surface area contributed by atoms with Crippen molar-refractivity contribution in [1.29, 1.82) is 0 Å². The van der Waals surface area contributed by atoms with E-state index in [1.54, 1.807) is 12.1 Å². The summed E-state index contributed by atoms with van der Waals surface area (Å²) in [5, 5.41) is 0.00732. The van der Waals surface area contributed by atoms with Crippen LogP contribution in [0.4, 0.5) is 5.69 Å². The number of nitrogens with one attached hydrogen (secondary N) is 1. The van der Waals surface area contributed by atoms with Gasteiger partial charge in [-0.15, -0.1) is 0 Å². The smallest absolute Gasteiger partial charge is 0.264 e. The first kappa shape index (κ1) is 13.8. The molecule has 0 aliphatic carbocycles. The minimum absolute atomic E-state index is 0.00732. The number of hydrogen-bond donors (Lipinski definition) is 1. The van der Waals surface area contributed by atoms with Crippen LogP contribution in [-0.4, -0.2) is 18.4 Å². The zero-order valence-corrected chi connectivity index (χ0v) is 11.7. The first-order valence-corrected chi connectivity index (χ1v) is 7.47. The fourth-order valence-corrected chi connectivity index (χ4v) is 2.66. The summed E-state index contributed by atoms with van der Waals surface area (Å²) in [6.45, 7) is 1.96. The lowest BCUT2D eigenvalue weighted by atomic mass is 10.1. The summed E-state index contributed by atoms with van der Waals surface area (Å²) in [6.07, 6.45) is 3.08. The maximum absolute atomic E-state index is 12.1. The van der Waals surface area contributed by atoms with Gasteiger partial charge in [0.2, 0.25) is 5.28 Å². The molecule has 5 nitrogen and oxygen atoms in total. The quantitative estimate of drug-likeness (QED) is 0.880. The molecule has 0 aliphatic rings. The molecule has 0 fully saturated rings. The van der Waals surface area contributed by atoms with E-state index in [1.165, 1.54) is 12.4 Å². The summed E-state index contributed by atoms with van der Waals surface area (Å²) in [5.41, 5.74) is 1.47. The van der Waals surface area contributed by atoms with Gasteiger partial charge in [-0.05, 0) is 29.7 Å². The Morgan fingerprint density at radius 2 is 1.84 bits per heavy atom. The van der Waals surface area contributed by atoms with Gasteiger partial charge in [-0.25, -0.2) is 18.4 Å². The molecule has 0 amide bonds. The molecule has 100 valence electrons. The Bertz CT molecular complexity index is 672. The lowest BCUT2D eigenvalue weighted by molar-refractivity contribution is 0.600. The van der Waals surface area contributed by atoms with Crippen LogP contribution in [0.2, 0.25) is 5.28 Å². The fourth-order valence-electron chi connectivity index (χ4n) is 1.57. The fraction of sp³-hybridized carbons (Fsp3) is 0.167. The highest BCUT2D eigenvalue weighted by Crippen LogP contribution is 2.20. The third-order valence-corrected chi connectivity index (χ3v) is 4.06. The molecule has 0 aliphatic heterocycles. The highest BCUT2D eigenvalue weighted by molar-refractivity contribution is 7.92. The van der Waals surface area contributed by atoms with E-state index < -0.39 is 10.0 Å². The Balaban J connectivity index is 2.34. The van der Waals surface area contributed by atoms with E-state index in [1.807, 2.05) is 19.1 Å². The summed E-state index contributed by atoms with van der Waals surface area (Å²) >= 11 is 5.53. The summed E-state index contributed by atoms with van der Waals surface area (Å²) in [4.78, 5) is 7.30. The van der Waals surface area contributed by atoms with Crippen LogP contribution < -0.4 is 4.72 Å². The monoisotopic (exact) mass is 297 g/mol. The van der Waals surface area contributed by atoms with E-state index in [-0.39, 0.29) is 10.2 Å². The van der Waals surface area contributed by atoms with Gasteiger partial charge >= 0.3 is 0 Å². The molecule has 0 saturated carbocycles. The second-order valence-electron chi connectivity index (χ2n) is 3.80. The van der Waals surface area contributed by atoms with E-state index in [0.717, 1.165) is 12.0 Å². The van der Waals surface area contributed by atoms with Gasteiger partial charge in [-0.2, -0.15) is 0 Å². The summed E-state index contributed by atoms with van der Waals surface area (Å²) in [6, 6.07) is 7.22. The van der Waals surface area contributed by atoms with Crippen molar-refractivity contribution in [2.75, 3.05) is 4.72 Å². The molecule has 1 aromatic carbocycles. The second-order valence-corrected chi connectivity index (χ2v) is 5.82. The largest absolute Gasteiger partial charge is 0.279 e. The maximum Gasteiger partial charge on any atom is 0.264 e. The number of rotatable bonds is 4. The molecule has 0 bridgehead atoms. The zero-order chi connectivity index (χ0) is 13.9. The van der Waals surface area contributed by atoms with Crippen LogP contribution in [0.5, 0.6) is 0 Å². The van der Waals surface area contributed by atoms with E-state index in [4.69, 9.17) is 11.6 Å². The molecule has 1 heterocycles. The van der Waals surface area contributed by atoms with Gasteiger partial charge in [0.1, 0.15) is 4.90 Å². The Morgan fingerprint density at radius 1 is 1.21 bits per heavy atom. The van der Waals surface area contributed by atoms with E-state index >= 15 is 0 Å². The van der Waals surface area contributed by atoms with Gasteiger partial charge in [-0.3, -0.25) is 4.72 Å². The van der Waals surface area contributed by atoms with Gasteiger partial charge in [-0.1, -0.05) is 25.1 Å². The van der Waals surface area contributed by atoms with E-state index in [2.05, 4.69) is 14.7 Å². The molecular formula is C12H12ClN3O2S. The Morgan fingerprint density at radius 3 is 2.47 bits per heavy atom. The molecule has 7 heteroatoms.